The minimum Gasteiger partial charge on any atom is -0.340 e. The number of benzene rings is 1. The Labute approximate surface area is 124 Å². The van der Waals surface area contributed by atoms with Gasteiger partial charge in [0.2, 0.25) is 5.91 Å². The third-order valence-electron chi connectivity index (χ3n) is 3.74. The standard InChI is InChI=1S/C16H18N4O/c1-11-4-3-5-12(6-11)9-20(2)16(21)15-13-7-17-10-19-14(13)8-18-15/h3-7,10,15,18H,8-9H2,1-2H3. The number of aryl methyl sites for hydroxylation is 1. The number of aromatic nitrogens is 2. The molecule has 0 bridgehead atoms. The third kappa shape index (κ3) is 2.78. The summed E-state index contributed by atoms with van der Waals surface area (Å²) in [7, 11) is 1.83. The Hall–Kier alpha value is -2.27. The zero-order valence-corrected chi connectivity index (χ0v) is 12.2. The quantitative estimate of drug-likeness (QED) is 0.928. The van der Waals surface area contributed by atoms with Gasteiger partial charge in [0.25, 0.3) is 0 Å². The van der Waals surface area contributed by atoms with Gasteiger partial charge in [0.1, 0.15) is 12.4 Å². The smallest absolute Gasteiger partial charge is 0.244 e. The Balaban J connectivity index is 1.74. The molecular weight excluding hydrogens is 264 g/mol. The van der Waals surface area contributed by atoms with Crippen LogP contribution in [-0.4, -0.2) is 27.8 Å². The van der Waals surface area contributed by atoms with E-state index >= 15 is 0 Å². The van der Waals surface area contributed by atoms with Gasteiger partial charge in [-0.2, -0.15) is 0 Å². The number of hydrogen-bond donors (Lipinski definition) is 1. The number of hydrogen-bond acceptors (Lipinski definition) is 4. The molecule has 2 aromatic rings. The fraction of sp³-hybridized carbons (Fsp3) is 0.312. The largest absolute Gasteiger partial charge is 0.340 e. The van der Waals surface area contributed by atoms with E-state index in [9.17, 15) is 4.79 Å². The number of fused-ring (bicyclic) bond motifs is 1. The molecular formula is C16H18N4O. The van der Waals surface area contributed by atoms with E-state index in [0.717, 1.165) is 16.8 Å². The van der Waals surface area contributed by atoms with E-state index in [4.69, 9.17) is 0 Å². The lowest BCUT2D eigenvalue weighted by atomic mass is 10.1. The molecule has 21 heavy (non-hydrogen) atoms. The molecule has 1 aliphatic rings. The third-order valence-corrected chi connectivity index (χ3v) is 3.74. The molecule has 1 aliphatic heterocycles. The predicted molar refractivity (Wildman–Crippen MR) is 79.3 cm³/mol. The maximum atomic E-state index is 12.6. The van der Waals surface area contributed by atoms with Crippen molar-refractivity contribution >= 4 is 5.91 Å². The first kappa shape index (κ1) is 13.7. The lowest BCUT2D eigenvalue weighted by Gasteiger charge is -2.21. The van der Waals surface area contributed by atoms with Gasteiger partial charge in [-0.1, -0.05) is 29.8 Å². The summed E-state index contributed by atoms with van der Waals surface area (Å²) in [6.45, 7) is 3.27. The fourth-order valence-corrected chi connectivity index (χ4v) is 2.67. The van der Waals surface area contributed by atoms with Crippen molar-refractivity contribution in [2.45, 2.75) is 26.1 Å². The van der Waals surface area contributed by atoms with Gasteiger partial charge < -0.3 is 4.90 Å². The van der Waals surface area contributed by atoms with Gasteiger partial charge in [-0.3, -0.25) is 10.1 Å². The van der Waals surface area contributed by atoms with Crippen LogP contribution < -0.4 is 5.32 Å². The average molecular weight is 282 g/mol. The highest BCUT2D eigenvalue weighted by molar-refractivity contribution is 5.84. The summed E-state index contributed by atoms with van der Waals surface area (Å²) in [4.78, 5) is 22.6. The summed E-state index contributed by atoms with van der Waals surface area (Å²) < 4.78 is 0. The molecule has 0 radical (unpaired) electrons. The van der Waals surface area contributed by atoms with Crippen LogP contribution >= 0.6 is 0 Å². The maximum Gasteiger partial charge on any atom is 0.244 e. The van der Waals surface area contributed by atoms with Crippen molar-refractivity contribution in [3.05, 3.63) is 59.2 Å². The second-order valence-electron chi connectivity index (χ2n) is 5.42. The summed E-state index contributed by atoms with van der Waals surface area (Å²) in [5.41, 5.74) is 4.13. The van der Waals surface area contributed by atoms with Crippen LogP contribution in [0, 0.1) is 6.92 Å². The van der Waals surface area contributed by atoms with Crippen LogP contribution in [0.1, 0.15) is 28.4 Å². The Kier molecular flexibility index (Phi) is 3.66. The molecule has 1 aromatic heterocycles. The lowest BCUT2D eigenvalue weighted by molar-refractivity contribution is -0.132. The van der Waals surface area contributed by atoms with E-state index in [0.29, 0.717) is 13.1 Å². The van der Waals surface area contributed by atoms with Crippen LogP contribution in [0.4, 0.5) is 0 Å². The van der Waals surface area contributed by atoms with Crippen molar-refractivity contribution in [1.29, 1.82) is 0 Å². The molecule has 1 N–H and O–H groups in total. The molecule has 0 fully saturated rings. The minimum atomic E-state index is -0.337. The van der Waals surface area contributed by atoms with Crippen molar-refractivity contribution in [1.82, 2.24) is 20.2 Å². The van der Waals surface area contributed by atoms with Gasteiger partial charge in [-0.05, 0) is 12.5 Å². The highest BCUT2D eigenvalue weighted by Gasteiger charge is 2.31. The number of amides is 1. The van der Waals surface area contributed by atoms with Crippen LogP contribution in [0.3, 0.4) is 0 Å². The van der Waals surface area contributed by atoms with E-state index < -0.39 is 0 Å². The van der Waals surface area contributed by atoms with E-state index in [-0.39, 0.29) is 11.9 Å². The van der Waals surface area contributed by atoms with Gasteiger partial charge >= 0.3 is 0 Å². The fourth-order valence-electron chi connectivity index (χ4n) is 2.67. The van der Waals surface area contributed by atoms with Crippen LogP contribution in [0.5, 0.6) is 0 Å². The predicted octanol–water partition coefficient (Wildman–Crippen LogP) is 1.59. The van der Waals surface area contributed by atoms with E-state index in [2.05, 4.69) is 34.3 Å². The highest BCUT2D eigenvalue weighted by Crippen LogP contribution is 2.24. The number of carbonyl (C=O) groups excluding carboxylic acids is 1. The van der Waals surface area contributed by atoms with Gasteiger partial charge in [0.05, 0.1) is 5.69 Å². The SMILES string of the molecule is Cc1cccc(CN(C)C(=O)C2NCc3ncncc32)c1. The zero-order valence-electron chi connectivity index (χ0n) is 12.2. The van der Waals surface area contributed by atoms with Crippen molar-refractivity contribution in [3.8, 4) is 0 Å². The van der Waals surface area contributed by atoms with Crippen LogP contribution in [0.25, 0.3) is 0 Å². The van der Waals surface area contributed by atoms with Crippen molar-refractivity contribution < 1.29 is 4.79 Å². The van der Waals surface area contributed by atoms with Crippen molar-refractivity contribution in [3.63, 3.8) is 0 Å². The molecule has 3 rings (SSSR count). The van der Waals surface area contributed by atoms with Gasteiger partial charge in [0.15, 0.2) is 0 Å². The Morgan fingerprint density at radius 3 is 3.14 bits per heavy atom. The molecule has 1 atom stereocenters. The number of nitrogens with zero attached hydrogens (tertiary/aromatic N) is 3. The molecule has 0 saturated carbocycles. The first-order chi connectivity index (χ1) is 10.1. The number of nitrogens with one attached hydrogen (secondary N) is 1. The molecule has 1 amide bonds. The lowest BCUT2D eigenvalue weighted by Crippen LogP contribution is -2.35. The van der Waals surface area contributed by atoms with Crippen molar-refractivity contribution in [2.24, 2.45) is 0 Å². The van der Waals surface area contributed by atoms with Crippen LogP contribution in [-0.2, 0) is 17.9 Å². The van der Waals surface area contributed by atoms with Crippen LogP contribution in [0.15, 0.2) is 36.8 Å². The molecule has 2 heterocycles. The summed E-state index contributed by atoms with van der Waals surface area (Å²) in [5, 5.41) is 3.21. The van der Waals surface area contributed by atoms with Gasteiger partial charge in [0, 0.05) is 31.9 Å². The van der Waals surface area contributed by atoms with Gasteiger partial charge in [-0.15, -0.1) is 0 Å². The molecule has 0 saturated heterocycles. The topological polar surface area (TPSA) is 58.1 Å². The van der Waals surface area contributed by atoms with E-state index in [1.807, 2.05) is 19.2 Å². The zero-order chi connectivity index (χ0) is 14.8. The Bertz CT molecular complexity index is 671. The molecule has 5 heteroatoms. The van der Waals surface area contributed by atoms with Crippen molar-refractivity contribution in [2.75, 3.05) is 7.05 Å². The van der Waals surface area contributed by atoms with E-state index in [1.165, 1.54) is 11.9 Å². The first-order valence-electron chi connectivity index (χ1n) is 6.98. The molecule has 108 valence electrons. The van der Waals surface area contributed by atoms with Crippen LogP contribution in [0.2, 0.25) is 0 Å². The molecule has 0 spiro atoms. The average Bonchev–Trinajstić information content (AvgIpc) is 2.90. The molecule has 0 aliphatic carbocycles. The summed E-state index contributed by atoms with van der Waals surface area (Å²) in [6.07, 6.45) is 3.25. The summed E-state index contributed by atoms with van der Waals surface area (Å²) in [6, 6.07) is 7.87. The Morgan fingerprint density at radius 2 is 2.33 bits per heavy atom. The molecule has 1 unspecified atom stereocenters. The number of carbonyl (C=O) groups is 1. The maximum absolute atomic E-state index is 12.6. The first-order valence-corrected chi connectivity index (χ1v) is 6.98. The van der Waals surface area contributed by atoms with Gasteiger partial charge in [-0.25, -0.2) is 9.97 Å². The second-order valence-corrected chi connectivity index (χ2v) is 5.42. The molecule has 5 nitrogen and oxygen atoms in total. The molecule has 1 aromatic carbocycles. The second kappa shape index (κ2) is 5.61. The normalized spacial score (nSPS) is 16.6. The summed E-state index contributed by atoms with van der Waals surface area (Å²) >= 11 is 0. The minimum absolute atomic E-state index is 0.0463. The monoisotopic (exact) mass is 282 g/mol. The highest BCUT2D eigenvalue weighted by atomic mass is 16.2. The van der Waals surface area contributed by atoms with E-state index in [1.54, 1.807) is 11.1 Å². The summed E-state index contributed by atoms with van der Waals surface area (Å²) in [5.74, 6) is 0.0463. The number of rotatable bonds is 3. The Morgan fingerprint density at radius 1 is 1.48 bits per heavy atom. The number of likely N-dealkylation sites (N-methyl/N-ethyl adjacent to an activating group) is 1.